The van der Waals surface area contributed by atoms with E-state index in [2.05, 4.69) is 15.9 Å². The van der Waals surface area contributed by atoms with Gasteiger partial charge in [0.1, 0.15) is 5.82 Å². The van der Waals surface area contributed by atoms with Crippen molar-refractivity contribution >= 4 is 15.9 Å². The molecule has 0 aromatic heterocycles. The lowest BCUT2D eigenvalue weighted by Crippen LogP contribution is -2.14. The van der Waals surface area contributed by atoms with Crippen molar-refractivity contribution in [3.8, 4) is 0 Å². The Balaban J connectivity index is 2.01. The van der Waals surface area contributed by atoms with Gasteiger partial charge in [0.25, 0.3) is 0 Å². The van der Waals surface area contributed by atoms with Gasteiger partial charge in [0.2, 0.25) is 0 Å². The molecule has 3 heteroatoms. The van der Waals surface area contributed by atoms with Gasteiger partial charge in [-0.2, -0.15) is 0 Å². The molecular formula is C16H16BrFO. The van der Waals surface area contributed by atoms with Crippen LogP contribution in [0.15, 0.2) is 46.9 Å². The van der Waals surface area contributed by atoms with E-state index in [1.807, 2.05) is 31.2 Å². The molecule has 0 amide bonds. The van der Waals surface area contributed by atoms with E-state index in [1.54, 1.807) is 6.07 Å². The van der Waals surface area contributed by atoms with Gasteiger partial charge in [-0.3, -0.25) is 0 Å². The zero-order valence-corrected chi connectivity index (χ0v) is 12.3. The first-order valence-electron chi connectivity index (χ1n) is 6.22. The first kappa shape index (κ1) is 14.2. The highest BCUT2D eigenvalue weighted by Crippen LogP contribution is 2.16. The van der Waals surface area contributed by atoms with Crippen LogP contribution in [0.2, 0.25) is 0 Å². The molecule has 1 N–H and O–H groups in total. The van der Waals surface area contributed by atoms with Crippen LogP contribution in [0.1, 0.15) is 16.7 Å². The van der Waals surface area contributed by atoms with E-state index < -0.39 is 6.10 Å². The maximum absolute atomic E-state index is 13.0. The lowest BCUT2D eigenvalue weighted by atomic mass is 9.98. The zero-order valence-electron chi connectivity index (χ0n) is 10.7. The molecule has 0 heterocycles. The molecule has 1 unspecified atom stereocenters. The minimum absolute atomic E-state index is 0.233. The Morgan fingerprint density at radius 2 is 1.79 bits per heavy atom. The maximum atomic E-state index is 13.0. The highest BCUT2D eigenvalue weighted by Gasteiger charge is 2.09. The molecular weight excluding hydrogens is 307 g/mol. The van der Waals surface area contributed by atoms with Gasteiger partial charge < -0.3 is 5.11 Å². The Bertz CT molecular complexity index is 551. The average Bonchev–Trinajstić information content (AvgIpc) is 2.36. The van der Waals surface area contributed by atoms with E-state index in [-0.39, 0.29) is 5.82 Å². The van der Waals surface area contributed by atoms with Gasteiger partial charge >= 0.3 is 0 Å². The van der Waals surface area contributed by atoms with Crippen LogP contribution in [0.4, 0.5) is 4.39 Å². The summed E-state index contributed by atoms with van der Waals surface area (Å²) in [4.78, 5) is 0. The molecule has 0 radical (unpaired) electrons. The number of aliphatic hydroxyl groups excluding tert-OH is 1. The van der Waals surface area contributed by atoms with Gasteiger partial charge in [-0.1, -0.05) is 34.1 Å². The number of hydrogen-bond donors (Lipinski definition) is 1. The quantitative estimate of drug-likeness (QED) is 0.900. The number of rotatable bonds is 4. The molecule has 2 aromatic rings. The normalized spacial score (nSPS) is 12.4. The van der Waals surface area contributed by atoms with Crippen LogP contribution in [-0.4, -0.2) is 11.2 Å². The van der Waals surface area contributed by atoms with Crippen LogP contribution in [-0.2, 0) is 12.8 Å². The van der Waals surface area contributed by atoms with E-state index >= 15 is 0 Å². The third kappa shape index (κ3) is 4.15. The first-order valence-corrected chi connectivity index (χ1v) is 7.01. The molecule has 0 bridgehead atoms. The molecule has 2 rings (SSSR count). The van der Waals surface area contributed by atoms with Gasteiger partial charge in [-0.15, -0.1) is 0 Å². The first-order chi connectivity index (χ1) is 9.04. The van der Waals surface area contributed by atoms with E-state index in [0.29, 0.717) is 12.8 Å². The number of halogens is 2. The molecule has 100 valence electrons. The smallest absolute Gasteiger partial charge is 0.123 e. The van der Waals surface area contributed by atoms with Crippen LogP contribution in [0.25, 0.3) is 0 Å². The predicted octanol–water partition coefficient (Wildman–Crippen LogP) is 4.04. The maximum Gasteiger partial charge on any atom is 0.123 e. The minimum Gasteiger partial charge on any atom is -0.392 e. The van der Waals surface area contributed by atoms with Gasteiger partial charge in [0.15, 0.2) is 0 Å². The number of aryl methyl sites for hydroxylation is 1. The Kier molecular flexibility index (Phi) is 4.72. The third-order valence-corrected chi connectivity index (χ3v) is 3.67. The molecule has 0 saturated carbocycles. The molecule has 19 heavy (non-hydrogen) atoms. The number of benzene rings is 2. The van der Waals surface area contributed by atoms with Gasteiger partial charge in [-0.25, -0.2) is 4.39 Å². The molecule has 0 fully saturated rings. The molecule has 0 aliphatic carbocycles. The lowest BCUT2D eigenvalue weighted by Gasteiger charge is -2.13. The Morgan fingerprint density at radius 3 is 2.42 bits per heavy atom. The highest BCUT2D eigenvalue weighted by molar-refractivity contribution is 9.10. The molecule has 2 aromatic carbocycles. The van der Waals surface area contributed by atoms with Gasteiger partial charge in [0.05, 0.1) is 6.10 Å². The van der Waals surface area contributed by atoms with Crippen molar-refractivity contribution in [2.24, 2.45) is 0 Å². The Labute approximate surface area is 121 Å². The van der Waals surface area contributed by atoms with Crippen LogP contribution in [0.5, 0.6) is 0 Å². The van der Waals surface area contributed by atoms with Crippen molar-refractivity contribution in [3.63, 3.8) is 0 Å². The second kappa shape index (κ2) is 6.31. The van der Waals surface area contributed by atoms with Crippen LogP contribution >= 0.6 is 15.9 Å². The number of hydrogen-bond acceptors (Lipinski definition) is 1. The Morgan fingerprint density at radius 1 is 1.11 bits per heavy atom. The summed E-state index contributed by atoms with van der Waals surface area (Å²) in [6.45, 7) is 1.87. The molecule has 0 spiro atoms. The fourth-order valence-electron chi connectivity index (χ4n) is 2.11. The summed E-state index contributed by atoms with van der Waals surface area (Å²) in [7, 11) is 0. The number of aliphatic hydroxyl groups is 1. The van der Waals surface area contributed by atoms with E-state index in [9.17, 15) is 9.50 Å². The largest absolute Gasteiger partial charge is 0.392 e. The summed E-state index contributed by atoms with van der Waals surface area (Å²) >= 11 is 3.38. The standard InChI is InChI=1S/C16H16BrFO/c1-11-8-15(18)7-4-13(11)10-16(19)9-12-2-5-14(17)6-3-12/h2-8,16,19H,9-10H2,1H3. The van der Waals surface area contributed by atoms with Crippen LogP contribution in [0.3, 0.4) is 0 Å². The summed E-state index contributed by atoms with van der Waals surface area (Å²) in [6, 6.07) is 12.6. The summed E-state index contributed by atoms with van der Waals surface area (Å²) in [5.74, 6) is -0.233. The minimum atomic E-state index is -0.453. The van der Waals surface area contributed by atoms with E-state index in [4.69, 9.17) is 0 Å². The van der Waals surface area contributed by atoms with Crippen molar-refractivity contribution in [2.45, 2.75) is 25.9 Å². The van der Waals surface area contributed by atoms with Crippen molar-refractivity contribution in [2.75, 3.05) is 0 Å². The van der Waals surface area contributed by atoms with Crippen molar-refractivity contribution in [1.29, 1.82) is 0 Å². The molecule has 1 atom stereocenters. The SMILES string of the molecule is Cc1cc(F)ccc1CC(O)Cc1ccc(Br)cc1. The molecule has 0 aliphatic rings. The van der Waals surface area contributed by atoms with Gasteiger partial charge in [-0.05, 0) is 60.7 Å². The third-order valence-electron chi connectivity index (χ3n) is 3.14. The van der Waals surface area contributed by atoms with E-state index in [0.717, 1.165) is 21.2 Å². The van der Waals surface area contributed by atoms with Crippen LogP contribution in [0, 0.1) is 12.7 Å². The zero-order chi connectivity index (χ0) is 13.8. The van der Waals surface area contributed by atoms with E-state index in [1.165, 1.54) is 12.1 Å². The monoisotopic (exact) mass is 322 g/mol. The molecule has 1 nitrogen and oxygen atoms in total. The molecule has 0 aliphatic heterocycles. The fraction of sp³-hybridized carbons (Fsp3) is 0.250. The van der Waals surface area contributed by atoms with Crippen molar-refractivity contribution < 1.29 is 9.50 Å². The van der Waals surface area contributed by atoms with Gasteiger partial charge in [0, 0.05) is 4.47 Å². The second-order valence-electron chi connectivity index (χ2n) is 4.76. The summed E-state index contributed by atoms with van der Waals surface area (Å²) in [5.41, 5.74) is 2.97. The fourth-order valence-corrected chi connectivity index (χ4v) is 2.37. The Hall–Kier alpha value is -1.19. The lowest BCUT2D eigenvalue weighted by molar-refractivity contribution is 0.175. The average molecular weight is 323 g/mol. The van der Waals surface area contributed by atoms with Crippen molar-refractivity contribution in [3.05, 3.63) is 69.4 Å². The summed E-state index contributed by atoms with van der Waals surface area (Å²) in [5, 5.41) is 10.1. The highest BCUT2D eigenvalue weighted by atomic mass is 79.9. The van der Waals surface area contributed by atoms with Crippen LogP contribution < -0.4 is 0 Å². The summed E-state index contributed by atoms with van der Waals surface area (Å²) < 4.78 is 14.0. The predicted molar refractivity (Wildman–Crippen MR) is 78.7 cm³/mol. The second-order valence-corrected chi connectivity index (χ2v) is 5.68. The summed E-state index contributed by atoms with van der Waals surface area (Å²) in [6.07, 6.45) is 0.692. The van der Waals surface area contributed by atoms with Crippen molar-refractivity contribution in [1.82, 2.24) is 0 Å². The topological polar surface area (TPSA) is 20.2 Å². The molecule has 0 saturated heterocycles.